The predicted molar refractivity (Wildman–Crippen MR) is 127 cm³/mol. The molecular weight excluding hydrogens is 444 g/mol. The highest BCUT2D eigenvalue weighted by Crippen LogP contribution is 2.37. The van der Waals surface area contributed by atoms with Crippen LogP contribution in [0.25, 0.3) is 0 Å². The van der Waals surface area contributed by atoms with Crippen LogP contribution in [0.4, 0.5) is 11.4 Å². The largest absolute Gasteiger partial charge is 0.268 e. The molecule has 3 aromatic rings. The van der Waals surface area contributed by atoms with Gasteiger partial charge in [-0.1, -0.05) is 53.6 Å². The van der Waals surface area contributed by atoms with E-state index in [1.165, 1.54) is 10.5 Å². The number of nitrogens with zero attached hydrogens (tertiary/aromatic N) is 2. The Morgan fingerprint density at radius 3 is 1.72 bits per heavy atom. The van der Waals surface area contributed by atoms with E-state index in [2.05, 4.69) is 0 Å². The molecule has 0 aliphatic carbocycles. The van der Waals surface area contributed by atoms with Crippen LogP contribution in [0.15, 0.2) is 94.9 Å². The minimum absolute atomic E-state index is 0.135. The van der Waals surface area contributed by atoms with Gasteiger partial charge in [0.05, 0.1) is 21.2 Å². The lowest BCUT2D eigenvalue weighted by atomic mass is 10.2. The van der Waals surface area contributed by atoms with Gasteiger partial charge in [0, 0.05) is 12.7 Å². The third-order valence-corrected chi connectivity index (χ3v) is 8.85. The summed E-state index contributed by atoms with van der Waals surface area (Å²) in [5.74, 6) is 0. The van der Waals surface area contributed by atoms with Gasteiger partial charge in [-0.2, -0.15) is 0 Å². The van der Waals surface area contributed by atoms with Crippen LogP contribution < -0.4 is 8.61 Å². The second-order valence-corrected chi connectivity index (χ2v) is 11.3. The van der Waals surface area contributed by atoms with Crippen molar-refractivity contribution in [1.82, 2.24) is 0 Å². The minimum atomic E-state index is -3.95. The van der Waals surface area contributed by atoms with Crippen molar-refractivity contribution in [1.29, 1.82) is 0 Å². The summed E-state index contributed by atoms with van der Waals surface area (Å²) in [7, 11) is -7.84. The van der Waals surface area contributed by atoms with Crippen LogP contribution in [0.3, 0.4) is 0 Å². The summed E-state index contributed by atoms with van der Waals surface area (Å²) >= 11 is 0. The van der Waals surface area contributed by atoms with Crippen molar-refractivity contribution < 1.29 is 16.8 Å². The highest BCUT2D eigenvalue weighted by Gasteiger charge is 2.32. The maximum absolute atomic E-state index is 13.5. The summed E-state index contributed by atoms with van der Waals surface area (Å²) in [6.07, 6.45) is 3.54. The Morgan fingerprint density at radius 2 is 1.16 bits per heavy atom. The zero-order valence-corrected chi connectivity index (χ0v) is 19.5. The number of aryl methyl sites for hydroxylation is 2. The zero-order chi connectivity index (χ0) is 22.9. The second kappa shape index (κ2) is 8.44. The number of hydrogen-bond donors (Lipinski definition) is 0. The monoisotopic (exact) mass is 468 g/mol. The molecule has 0 N–H and O–H groups in total. The first kappa shape index (κ1) is 22.1. The van der Waals surface area contributed by atoms with Gasteiger partial charge in [-0.15, -0.1) is 0 Å². The zero-order valence-electron chi connectivity index (χ0n) is 17.8. The average molecular weight is 469 g/mol. The molecule has 0 amide bonds. The van der Waals surface area contributed by atoms with Crippen LogP contribution in [0, 0.1) is 13.8 Å². The molecular formula is C24H24N2O4S2. The first-order chi connectivity index (χ1) is 15.2. The average Bonchev–Trinajstić information content (AvgIpc) is 2.75. The molecule has 0 bridgehead atoms. The van der Waals surface area contributed by atoms with Crippen molar-refractivity contribution in [3.63, 3.8) is 0 Å². The Bertz CT molecular complexity index is 1360. The molecule has 8 heteroatoms. The van der Waals surface area contributed by atoms with Gasteiger partial charge < -0.3 is 0 Å². The Morgan fingerprint density at radius 1 is 0.656 bits per heavy atom. The lowest BCUT2D eigenvalue weighted by Gasteiger charge is -2.31. The molecule has 0 atom stereocenters. The van der Waals surface area contributed by atoms with Gasteiger partial charge >= 0.3 is 0 Å². The summed E-state index contributed by atoms with van der Waals surface area (Å²) < 4.78 is 56.5. The molecule has 4 rings (SSSR count). The van der Waals surface area contributed by atoms with E-state index < -0.39 is 20.0 Å². The van der Waals surface area contributed by atoms with Crippen LogP contribution in [-0.2, 0) is 20.0 Å². The highest BCUT2D eigenvalue weighted by atomic mass is 32.2. The number of benzene rings is 3. The maximum atomic E-state index is 13.5. The van der Waals surface area contributed by atoms with E-state index in [1.54, 1.807) is 78.9 Å². The molecule has 0 fully saturated rings. The Kier molecular flexibility index (Phi) is 5.83. The number of sulfonamides is 2. The lowest BCUT2D eigenvalue weighted by Crippen LogP contribution is -2.35. The molecule has 0 saturated carbocycles. The van der Waals surface area contributed by atoms with E-state index >= 15 is 0 Å². The number of para-hydroxylation sites is 2. The summed E-state index contributed by atoms with van der Waals surface area (Å²) in [5, 5.41) is 0. The molecule has 0 saturated heterocycles. The van der Waals surface area contributed by atoms with Crippen LogP contribution >= 0.6 is 0 Å². The quantitative estimate of drug-likeness (QED) is 0.560. The van der Waals surface area contributed by atoms with Crippen molar-refractivity contribution in [2.75, 3.05) is 15.2 Å². The molecule has 0 unspecified atom stereocenters. The van der Waals surface area contributed by atoms with E-state index in [4.69, 9.17) is 0 Å². The normalized spacial score (nSPS) is 15.6. The SMILES string of the molecule is Cc1ccc(S(=O)(=O)N2/C=C\CCN(S(=O)(=O)c3ccc(C)cc3)c3ccccc32)cc1. The van der Waals surface area contributed by atoms with Crippen LogP contribution in [0.1, 0.15) is 17.5 Å². The van der Waals surface area contributed by atoms with E-state index in [9.17, 15) is 16.8 Å². The van der Waals surface area contributed by atoms with Crippen LogP contribution in [0.2, 0.25) is 0 Å². The Hall–Kier alpha value is -3.10. The first-order valence-corrected chi connectivity index (χ1v) is 13.1. The summed E-state index contributed by atoms with van der Waals surface area (Å²) in [4.78, 5) is 0.298. The molecule has 1 aliphatic heterocycles. The minimum Gasteiger partial charge on any atom is -0.264 e. The fourth-order valence-electron chi connectivity index (χ4n) is 3.54. The molecule has 0 aromatic heterocycles. The number of fused-ring (bicyclic) bond motifs is 1. The molecule has 1 heterocycles. The fourth-order valence-corrected chi connectivity index (χ4v) is 6.41. The van der Waals surface area contributed by atoms with E-state index in [-0.39, 0.29) is 22.0 Å². The molecule has 1 aliphatic rings. The molecule has 6 nitrogen and oxygen atoms in total. The summed E-state index contributed by atoms with van der Waals surface area (Å²) in [6.45, 7) is 3.97. The number of hydrogen-bond acceptors (Lipinski definition) is 4. The number of rotatable bonds is 4. The molecule has 0 radical (unpaired) electrons. The van der Waals surface area contributed by atoms with E-state index in [0.29, 0.717) is 12.1 Å². The van der Waals surface area contributed by atoms with Gasteiger partial charge in [-0.05, 0) is 56.7 Å². The smallest absolute Gasteiger partial charge is 0.264 e. The fraction of sp³-hybridized carbons (Fsp3) is 0.167. The van der Waals surface area contributed by atoms with E-state index in [0.717, 1.165) is 15.4 Å². The van der Waals surface area contributed by atoms with Gasteiger partial charge in [0.2, 0.25) is 0 Å². The van der Waals surface area contributed by atoms with Crippen LogP contribution in [0.5, 0.6) is 0 Å². The third kappa shape index (κ3) is 4.03. The van der Waals surface area contributed by atoms with Gasteiger partial charge in [0.15, 0.2) is 0 Å². The highest BCUT2D eigenvalue weighted by molar-refractivity contribution is 7.93. The van der Waals surface area contributed by atoms with Gasteiger partial charge in [-0.3, -0.25) is 4.31 Å². The second-order valence-electron chi connectivity index (χ2n) is 7.67. The molecule has 0 spiro atoms. The number of anilines is 2. The van der Waals surface area contributed by atoms with Crippen LogP contribution in [-0.4, -0.2) is 23.4 Å². The standard InChI is InChI=1S/C24H24N2O4S2/c1-19-9-13-21(14-10-19)31(27,28)25-17-5-6-18-26(24-8-4-3-7-23(24)25)32(29,30)22-15-11-20(2)12-16-22/h3-5,7-17H,6,18H2,1-2H3/b17-5-. The van der Waals surface area contributed by atoms with Gasteiger partial charge in [0.1, 0.15) is 0 Å². The van der Waals surface area contributed by atoms with Crippen molar-refractivity contribution in [3.05, 3.63) is 96.2 Å². The Balaban J connectivity index is 1.86. The van der Waals surface area contributed by atoms with Gasteiger partial charge in [-0.25, -0.2) is 21.1 Å². The van der Waals surface area contributed by atoms with E-state index in [1.807, 2.05) is 13.8 Å². The lowest BCUT2D eigenvalue weighted by molar-refractivity contribution is 0.588. The third-order valence-electron chi connectivity index (χ3n) is 5.31. The summed E-state index contributed by atoms with van der Waals surface area (Å²) in [6, 6.07) is 19.9. The predicted octanol–water partition coefficient (Wildman–Crippen LogP) is 4.61. The van der Waals surface area contributed by atoms with Crippen molar-refractivity contribution in [2.45, 2.75) is 30.1 Å². The topological polar surface area (TPSA) is 74.8 Å². The summed E-state index contributed by atoms with van der Waals surface area (Å²) in [5.41, 5.74) is 2.49. The van der Waals surface area contributed by atoms with Gasteiger partial charge in [0.25, 0.3) is 20.0 Å². The first-order valence-electron chi connectivity index (χ1n) is 10.2. The molecule has 3 aromatic carbocycles. The Labute approximate surface area is 189 Å². The van der Waals surface area contributed by atoms with Crippen molar-refractivity contribution in [2.24, 2.45) is 0 Å². The molecule has 166 valence electrons. The van der Waals surface area contributed by atoms with Crippen molar-refractivity contribution in [3.8, 4) is 0 Å². The molecule has 32 heavy (non-hydrogen) atoms. The maximum Gasteiger partial charge on any atom is 0.268 e. The van der Waals surface area contributed by atoms with Crippen molar-refractivity contribution >= 4 is 31.4 Å².